The van der Waals surface area contributed by atoms with E-state index in [1.54, 1.807) is 7.11 Å². The van der Waals surface area contributed by atoms with Crippen LogP contribution in [0.4, 0.5) is 0 Å². The van der Waals surface area contributed by atoms with Gasteiger partial charge in [0.25, 0.3) is 5.91 Å². The van der Waals surface area contributed by atoms with Gasteiger partial charge in [-0.05, 0) is 60.6 Å². The van der Waals surface area contributed by atoms with E-state index in [9.17, 15) is 4.79 Å². The van der Waals surface area contributed by atoms with E-state index in [4.69, 9.17) is 9.47 Å². The smallest absolute Gasteiger partial charge is 0.258 e. The second-order valence-electron chi connectivity index (χ2n) is 7.24. The number of carbonyl (C=O) groups is 1. The fourth-order valence-corrected chi connectivity index (χ4v) is 3.16. The van der Waals surface area contributed by atoms with Gasteiger partial charge in [-0.3, -0.25) is 4.79 Å². The summed E-state index contributed by atoms with van der Waals surface area (Å²) in [6, 6.07) is 12.1. The van der Waals surface area contributed by atoms with E-state index >= 15 is 0 Å². The normalized spacial score (nSPS) is 12.0. The molecule has 1 amide bonds. The minimum absolute atomic E-state index is 0.00874. The lowest BCUT2D eigenvalue weighted by Gasteiger charge is -2.20. The summed E-state index contributed by atoms with van der Waals surface area (Å²) in [4.78, 5) is 12.5. The third-order valence-electron chi connectivity index (χ3n) is 4.71. The predicted octanol–water partition coefficient (Wildman–Crippen LogP) is 5.08. The monoisotopic (exact) mass is 369 g/mol. The lowest BCUT2D eigenvalue weighted by atomic mass is 10.0. The summed E-state index contributed by atoms with van der Waals surface area (Å²) in [5.41, 5.74) is 4.36. The van der Waals surface area contributed by atoms with Crippen LogP contribution in [0.5, 0.6) is 11.5 Å². The molecule has 0 heterocycles. The molecule has 146 valence electrons. The van der Waals surface area contributed by atoms with Crippen molar-refractivity contribution in [3.05, 3.63) is 58.7 Å². The van der Waals surface area contributed by atoms with E-state index < -0.39 is 0 Å². The minimum Gasteiger partial charge on any atom is -0.496 e. The highest BCUT2D eigenvalue weighted by atomic mass is 16.5. The number of ether oxygens (including phenoxy) is 2. The number of hydrogen-bond acceptors (Lipinski definition) is 3. The summed E-state index contributed by atoms with van der Waals surface area (Å²) in [6.07, 6.45) is 0.805. The number of benzene rings is 2. The molecule has 1 N–H and O–H groups in total. The Morgan fingerprint density at radius 3 is 2.41 bits per heavy atom. The summed E-state index contributed by atoms with van der Waals surface area (Å²) >= 11 is 0. The van der Waals surface area contributed by atoms with Crippen molar-refractivity contribution in [3.63, 3.8) is 0 Å². The number of aryl methyl sites for hydroxylation is 2. The first kappa shape index (κ1) is 20.8. The van der Waals surface area contributed by atoms with Gasteiger partial charge in [0, 0.05) is 0 Å². The van der Waals surface area contributed by atoms with Gasteiger partial charge in [0.2, 0.25) is 0 Å². The number of carbonyl (C=O) groups excluding carboxylic acids is 1. The first-order valence-electron chi connectivity index (χ1n) is 9.52. The quantitative estimate of drug-likeness (QED) is 0.706. The van der Waals surface area contributed by atoms with Crippen molar-refractivity contribution in [2.75, 3.05) is 13.7 Å². The maximum atomic E-state index is 12.5. The van der Waals surface area contributed by atoms with E-state index in [2.05, 4.69) is 44.3 Å². The highest BCUT2D eigenvalue weighted by molar-refractivity contribution is 5.78. The molecular formula is C23H31NO3. The Hall–Kier alpha value is -2.49. The molecule has 2 rings (SSSR count). The number of hydrogen-bond donors (Lipinski definition) is 1. The zero-order chi connectivity index (χ0) is 20.0. The van der Waals surface area contributed by atoms with E-state index in [1.165, 1.54) is 0 Å². The molecule has 0 unspecified atom stereocenters. The van der Waals surface area contributed by atoms with Gasteiger partial charge in [0.05, 0.1) is 13.2 Å². The van der Waals surface area contributed by atoms with Gasteiger partial charge in [-0.1, -0.05) is 45.0 Å². The van der Waals surface area contributed by atoms with Crippen molar-refractivity contribution >= 4 is 5.91 Å². The Labute approximate surface area is 162 Å². The van der Waals surface area contributed by atoms with Crippen LogP contribution in [0.15, 0.2) is 36.4 Å². The Morgan fingerprint density at radius 1 is 1.07 bits per heavy atom. The molecule has 0 aliphatic rings. The number of rotatable bonds is 8. The van der Waals surface area contributed by atoms with Gasteiger partial charge in [-0.25, -0.2) is 0 Å². The molecule has 0 spiro atoms. The lowest BCUT2D eigenvalue weighted by molar-refractivity contribution is -0.123. The molecule has 0 saturated heterocycles. The third kappa shape index (κ3) is 5.49. The molecule has 0 aliphatic heterocycles. The number of amides is 1. The summed E-state index contributed by atoms with van der Waals surface area (Å²) in [5.74, 6) is 1.86. The zero-order valence-corrected chi connectivity index (χ0v) is 17.3. The van der Waals surface area contributed by atoms with Crippen LogP contribution in [0.25, 0.3) is 0 Å². The first-order chi connectivity index (χ1) is 12.8. The maximum Gasteiger partial charge on any atom is 0.258 e. The molecule has 0 bridgehead atoms. The summed E-state index contributed by atoms with van der Waals surface area (Å²) in [5, 5.41) is 3.08. The van der Waals surface area contributed by atoms with Crippen molar-refractivity contribution < 1.29 is 14.3 Å². The molecule has 0 radical (unpaired) electrons. The average Bonchev–Trinajstić information content (AvgIpc) is 2.64. The third-order valence-corrected chi connectivity index (χ3v) is 4.71. The minimum atomic E-state index is -0.119. The standard InChI is InChI=1S/C23H31NO3/c1-7-20(18-9-11-21(26-6)17(5)13-18)24-23(25)14-27-22-12-16(4)8-10-19(22)15(2)3/h8-13,15,20H,7,14H2,1-6H3,(H,24,25)/t20-/m0/s1. The van der Waals surface area contributed by atoms with Crippen LogP contribution < -0.4 is 14.8 Å². The van der Waals surface area contributed by atoms with E-state index in [-0.39, 0.29) is 18.6 Å². The molecule has 0 saturated carbocycles. The fourth-order valence-electron chi connectivity index (χ4n) is 3.16. The summed E-state index contributed by atoms with van der Waals surface area (Å²) < 4.78 is 11.2. The van der Waals surface area contributed by atoms with Gasteiger partial charge in [0.1, 0.15) is 11.5 Å². The first-order valence-corrected chi connectivity index (χ1v) is 9.52. The molecular weight excluding hydrogens is 338 g/mol. The van der Waals surface area contributed by atoms with Crippen molar-refractivity contribution in [1.82, 2.24) is 5.32 Å². The molecule has 0 aliphatic carbocycles. The van der Waals surface area contributed by atoms with Crippen molar-refractivity contribution in [2.45, 2.75) is 53.0 Å². The van der Waals surface area contributed by atoms with Gasteiger partial charge in [0.15, 0.2) is 6.61 Å². The molecule has 4 heteroatoms. The molecule has 2 aromatic carbocycles. The zero-order valence-electron chi connectivity index (χ0n) is 17.3. The Morgan fingerprint density at radius 2 is 1.81 bits per heavy atom. The highest BCUT2D eigenvalue weighted by Crippen LogP contribution is 2.28. The van der Waals surface area contributed by atoms with Crippen LogP contribution in [0.2, 0.25) is 0 Å². The number of nitrogens with one attached hydrogen (secondary N) is 1. The van der Waals surface area contributed by atoms with Crippen LogP contribution >= 0.6 is 0 Å². The van der Waals surface area contributed by atoms with Gasteiger partial charge < -0.3 is 14.8 Å². The predicted molar refractivity (Wildman–Crippen MR) is 110 cm³/mol. The number of methoxy groups -OCH3 is 1. The molecule has 0 fully saturated rings. The maximum absolute atomic E-state index is 12.5. The second-order valence-corrected chi connectivity index (χ2v) is 7.24. The van der Waals surface area contributed by atoms with Crippen LogP contribution in [0, 0.1) is 13.8 Å². The summed E-state index contributed by atoms with van der Waals surface area (Å²) in [7, 11) is 1.66. The molecule has 27 heavy (non-hydrogen) atoms. The van der Waals surface area contributed by atoms with Gasteiger partial charge >= 0.3 is 0 Å². The van der Waals surface area contributed by atoms with Crippen LogP contribution in [-0.4, -0.2) is 19.6 Å². The summed E-state index contributed by atoms with van der Waals surface area (Å²) in [6.45, 7) is 10.3. The topological polar surface area (TPSA) is 47.6 Å². The van der Waals surface area contributed by atoms with E-state index in [1.807, 2.05) is 32.0 Å². The van der Waals surface area contributed by atoms with Crippen molar-refractivity contribution in [3.8, 4) is 11.5 Å². The Kier molecular flexibility index (Phi) is 7.28. The Bertz CT molecular complexity index is 783. The van der Waals surface area contributed by atoms with Gasteiger partial charge in [-0.15, -0.1) is 0 Å². The largest absolute Gasteiger partial charge is 0.496 e. The highest BCUT2D eigenvalue weighted by Gasteiger charge is 2.15. The van der Waals surface area contributed by atoms with E-state index in [0.29, 0.717) is 5.92 Å². The van der Waals surface area contributed by atoms with Crippen molar-refractivity contribution in [1.29, 1.82) is 0 Å². The molecule has 0 aromatic heterocycles. The SMILES string of the molecule is CC[C@H](NC(=O)COc1cc(C)ccc1C(C)C)c1ccc(OC)c(C)c1. The van der Waals surface area contributed by atoms with Crippen LogP contribution in [0.3, 0.4) is 0 Å². The molecule has 4 nitrogen and oxygen atoms in total. The van der Waals surface area contributed by atoms with Crippen LogP contribution in [0.1, 0.15) is 61.4 Å². The lowest BCUT2D eigenvalue weighted by Crippen LogP contribution is -2.32. The average molecular weight is 370 g/mol. The van der Waals surface area contributed by atoms with Crippen molar-refractivity contribution in [2.24, 2.45) is 0 Å². The fraction of sp³-hybridized carbons (Fsp3) is 0.435. The second kappa shape index (κ2) is 9.45. The van der Waals surface area contributed by atoms with Crippen LogP contribution in [-0.2, 0) is 4.79 Å². The molecule has 2 aromatic rings. The Balaban J connectivity index is 2.04. The van der Waals surface area contributed by atoms with E-state index in [0.717, 1.165) is 40.2 Å². The molecule has 1 atom stereocenters. The van der Waals surface area contributed by atoms with Gasteiger partial charge in [-0.2, -0.15) is 0 Å².